The first kappa shape index (κ1) is 15.8. The Kier molecular flexibility index (Phi) is 4.92. The fraction of sp³-hybridized carbons (Fsp3) is 0.0952. The summed E-state index contributed by atoms with van der Waals surface area (Å²) in [5.41, 5.74) is 3.42. The fourth-order valence-corrected chi connectivity index (χ4v) is 2.56. The van der Waals surface area contributed by atoms with Gasteiger partial charge in [0.2, 0.25) is 5.91 Å². The molecule has 0 saturated heterocycles. The van der Waals surface area contributed by atoms with Gasteiger partial charge in [0, 0.05) is 19.7 Å². The Morgan fingerprint density at radius 2 is 1.75 bits per heavy atom. The van der Waals surface area contributed by atoms with E-state index in [4.69, 9.17) is 4.42 Å². The summed E-state index contributed by atoms with van der Waals surface area (Å²) in [6, 6.07) is 22.0. The molecule has 0 spiro atoms. The lowest BCUT2D eigenvalue weighted by Gasteiger charge is -2.18. The quantitative estimate of drug-likeness (QED) is 0.643. The maximum atomic E-state index is 12.3. The van der Waals surface area contributed by atoms with Crippen LogP contribution in [0.3, 0.4) is 0 Å². The summed E-state index contributed by atoms with van der Waals surface area (Å²) >= 11 is 0. The number of carbonyl (C=O) groups is 1. The molecule has 0 atom stereocenters. The molecule has 3 heteroatoms. The van der Waals surface area contributed by atoms with E-state index in [1.165, 1.54) is 6.08 Å². The highest BCUT2D eigenvalue weighted by Crippen LogP contribution is 2.24. The molecule has 0 fully saturated rings. The van der Waals surface area contributed by atoms with Crippen molar-refractivity contribution in [3.63, 3.8) is 0 Å². The van der Waals surface area contributed by atoms with Gasteiger partial charge in [-0.15, -0.1) is 0 Å². The van der Waals surface area contributed by atoms with Crippen LogP contribution in [0.4, 0.5) is 0 Å². The molecule has 0 saturated carbocycles. The molecule has 0 unspecified atom stereocenters. The second-order valence-electron chi connectivity index (χ2n) is 5.57. The van der Waals surface area contributed by atoms with Crippen molar-refractivity contribution in [1.82, 2.24) is 4.90 Å². The van der Waals surface area contributed by atoms with Crippen LogP contribution in [0, 0.1) is 0 Å². The molecule has 0 bridgehead atoms. The number of likely N-dealkylation sites (N-methyl/N-ethyl adjacent to an activating group) is 1. The molecule has 24 heavy (non-hydrogen) atoms. The highest BCUT2D eigenvalue weighted by Gasteiger charge is 2.10. The molecule has 0 aliphatic rings. The van der Waals surface area contributed by atoms with Gasteiger partial charge in [0.15, 0.2) is 0 Å². The average molecular weight is 317 g/mol. The minimum atomic E-state index is -0.0609. The summed E-state index contributed by atoms with van der Waals surface area (Å²) in [6.07, 6.45) is 4.80. The molecular weight excluding hydrogens is 298 g/mol. The van der Waals surface area contributed by atoms with E-state index >= 15 is 0 Å². The van der Waals surface area contributed by atoms with Crippen LogP contribution in [0.2, 0.25) is 0 Å². The minimum absolute atomic E-state index is 0.0609. The molecule has 1 aromatic heterocycles. The third kappa shape index (κ3) is 3.82. The molecule has 3 aromatic rings. The monoisotopic (exact) mass is 317 g/mol. The van der Waals surface area contributed by atoms with Crippen molar-refractivity contribution in [3.8, 4) is 11.1 Å². The summed E-state index contributed by atoms with van der Waals surface area (Å²) in [5.74, 6) is 0.607. The van der Waals surface area contributed by atoms with Crippen LogP contribution in [0.25, 0.3) is 17.2 Å². The SMILES string of the molecule is CN(Cc1ccccc1-c1ccccc1)C(=O)C=Cc1ccco1. The molecule has 1 heterocycles. The maximum absolute atomic E-state index is 12.3. The molecule has 3 rings (SSSR count). The van der Waals surface area contributed by atoms with E-state index in [1.807, 2.05) is 36.4 Å². The van der Waals surface area contributed by atoms with Gasteiger partial charge in [-0.05, 0) is 34.9 Å². The van der Waals surface area contributed by atoms with E-state index < -0.39 is 0 Å². The van der Waals surface area contributed by atoms with Gasteiger partial charge in [0.05, 0.1) is 6.26 Å². The number of furan rings is 1. The molecule has 0 aliphatic heterocycles. The predicted molar refractivity (Wildman–Crippen MR) is 96.1 cm³/mol. The van der Waals surface area contributed by atoms with E-state index in [-0.39, 0.29) is 5.91 Å². The van der Waals surface area contributed by atoms with Crippen molar-refractivity contribution in [3.05, 3.63) is 90.4 Å². The van der Waals surface area contributed by atoms with Crippen molar-refractivity contribution >= 4 is 12.0 Å². The Balaban J connectivity index is 1.75. The van der Waals surface area contributed by atoms with E-state index in [1.54, 1.807) is 30.4 Å². The molecule has 120 valence electrons. The van der Waals surface area contributed by atoms with Gasteiger partial charge in [-0.25, -0.2) is 0 Å². The van der Waals surface area contributed by atoms with E-state index in [2.05, 4.69) is 24.3 Å². The predicted octanol–water partition coefficient (Wildman–Crippen LogP) is 4.62. The molecule has 0 N–H and O–H groups in total. The molecule has 2 aromatic carbocycles. The normalized spacial score (nSPS) is 10.9. The number of carbonyl (C=O) groups excluding carboxylic acids is 1. The fourth-order valence-electron chi connectivity index (χ4n) is 2.56. The first-order valence-corrected chi connectivity index (χ1v) is 7.84. The zero-order valence-electron chi connectivity index (χ0n) is 13.6. The topological polar surface area (TPSA) is 33.5 Å². The van der Waals surface area contributed by atoms with Crippen LogP contribution < -0.4 is 0 Å². The lowest BCUT2D eigenvalue weighted by atomic mass is 9.99. The largest absolute Gasteiger partial charge is 0.465 e. The highest BCUT2D eigenvalue weighted by atomic mass is 16.3. The highest BCUT2D eigenvalue weighted by molar-refractivity contribution is 5.91. The number of amides is 1. The first-order chi connectivity index (χ1) is 11.7. The molecule has 0 aliphatic carbocycles. The van der Waals surface area contributed by atoms with Gasteiger partial charge in [-0.3, -0.25) is 4.79 Å². The third-order valence-corrected chi connectivity index (χ3v) is 3.82. The van der Waals surface area contributed by atoms with Crippen molar-refractivity contribution in [2.24, 2.45) is 0 Å². The van der Waals surface area contributed by atoms with Gasteiger partial charge in [-0.2, -0.15) is 0 Å². The lowest BCUT2D eigenvalue weighted by molar-refractivity contribution is -0.125. The number of hydrogen-bond donors (Lipinski definition) is 0. The smallest absolute Gasteiger partial charge is 0.246 e. The van der Waals surface area contributed by atoms with Gasteiger partial charge < -0.3 is 9.32 Å². The van der Waals surface area contributed by atoms with Crippen LogP contribution in [0.15, 0.2) is 83.5 Å². The van der Waals surface area contributed by atoms with Gasteiger partial charge in [0.1, 0.15) is 5.76 Å². The summed E-state index contributed by atoms with van der Waals surface area (Å²) in [7, 11) is 1.80. The van der Waals surface area contributed by atoms with E-state index in [9.17, 15) is 4.79 Å². The molecule has 0 radical (unpaired) electrons. The van der Waals surface area contributed by atoms with Crippen LogP contribution in [-0.4, -0.2) is 17.9 Å². The van der Waals surface area contributed by atoms with Crippen LogP contribution >= 0.6 is 0 Å². The standard InChI is InChI=1S/C21H19NO2/c1-22(21(23)14-13-19-11-7-15-24-19)16-18-10-5-6-12-20(18)17-8-3-2-4-9-17/h2-15H,16H2,1H3. The number of benzene rings is 2. The third-order valence-electron chi connectivity index (χ3n) is 3.82. The Morgan fingerprint density at radius 1 is 1.00 bits per heavy atom. The maximum Gasteiger partial charge on any atom is 0.246 e. The van der Waals surface area contributed by atoms with Crippen LogP contribution in [0.1, 0.15) is 11.3 Å². The zero-order valence-corrected chi connectivity index (χ0v) is 13.6. The zero-order chi connectivity index (χ0) is 16.8. The van der Waals surface area contributed by atoms with Gasteiger partial charge in [-0.1, -0.05) is 54.6 Å². The second-order valence-corrected chi connectivity index (χ2v) is 5.57. The Morgan fingerprint density at radius 3 is 2.50 bits per heavy atom. The minimum Gasteiger partial charge on any atom is -0.465 e. The first-order valence-electron chi connectivity index (χ1n) is 7.84. The average Bonchev–Trinajstić information content (AvgIpc) is 3.14. The Hall–Kier alpha value is -3.07. The number of rotatable bonds is 5. The van der Waals surface area contributed by atoms with Gasteiger partial charge in [0.25, 0.3) is 0 Å². The molecule has 1 amide bonds. The van der Waals surface area contributed by atoms with Gasteiger partial charge >= 0.3 is 0 Å². The second kappa shape index (κ2) is 7.47. The molecular formula is C21H19NO2. The molecule has 3 nitrogen and oxygen atoms in total. The Bertz CT molecular complexity index is 820. The van der Waals surface area contributed by atoms with Crippen LogP contribution in [0.5, 0.6) is 0 Å². The number of nitrogens with zero attached hydrogens (tertiary/aromatic N) is 1. The summed E-state index contributed by atoms with van der Waals surface area (Å²) in [6.45, 7) is 0.548. The lowest BCUT2D eigenvalue weighted by Crippen LogP contribution is -2.24. The van der Waals surface area contributed by atoms with E-state index in [0.29, 0.717) is 12.3 Å². The summed E-state index contributed by atoms with van der Waals surface area (Å²) in [5, 5.41) is 0. The van der Waals surface area contributed by atoms with E-state index in [0.717, 1.165) is 16.7 Å². The number of hydrogen-bond acceptors (Lipinski definition) is 2. The van der Waals surface area contributed by atoms with Crippen LogP contribution in [-0.2, 0) is 11.3 Å². The van der Waals surface area contributed by atoms with Crippen molar-refractivity contribution in [2.45, 2.75) is 6.54 Å². The van der Waals surface area contributed by atoms with Crippen molar-refractivity contribution < 1.29 is 9.21 Å². The summed E-state index contributed by atoms with van der Waals surface area (Å²) < 4.78 is 5.20. The summed E-state index contributed by atoms with van der Waals surface area (Å²) in [4.78, 5) is 14.0. The Labute approximate surface area is 141 Å². The van der Waals surface area contributed by atoms with Crippen molar-refractivity contribution in [1.29, 1.82) is 0 Å². The van der Waals surface area contributed by atoms with Crippen molar-refractivity contribution in [2.75, 3.05) is 7.05 Å².